The molecule has 1 aromatic rings. The molecule has 26 heavy (non-hydrogen) atoms. The standard InChI is InChI=1S/C20H31NO5/c1-7-14(5)26-17-12-11-15(13-16(17)18(22)24-9-3)21-19(23)20(6,8-2)25-10-4/h11-14H,7-10H2,1-6H3,(H,21,23)/t14-,20+/m0/s1. The second kappa shape index (κ2) is 10.2. The summed E-state index contributed by atoms with van der Waals surface area (Å²) in [4.78, 5) is 24.9. The van der Waals surface area contributed by atoms with Gasteiger partial charge >= 0.3 is 5.97 Å². The van der Waals surface area contributed by atoms with Gasteiger partial charge in [-0.25, -0.2) is 4.79 Å². The molecule has 1 aromatic carbocycles. The first-order valence-electron chi connectivity index (χ1n) is 9.24. The molecule has 1 rings (SSSR count). The van der Waals surface area contributed by atoms with Crippen LogP contribution in [0.25, 0.3) is 0 Å². The predicted octanol–water partition coefficient (Wildman–Crippen LogP) is 4.18. The summed E-state index contributed by atoms with van der Waals surface area (Å²) in [5.41, 5.74) is -0.140. The molecule has 6 heteroatoms. The number of nitrogens with one attached hydrogen (secondary N) is 1. The number of carbonyl (C=O) groups excluding carboxylic acids is 2. The molecule has 0 fully saturated rings. The summed E-state index contributed by atoms with van der Waals surface area (Å²) in [6, 6.07) is 4.97. The average Bonchev–Trinajstić information content (AvgIpc) is 2.62. The van der Waals surface area contributed by atoms with Gasteiger partial charge in [0, 0.05) is 12.3 Å². The van der Waals surface area contributed by atoms with Gasteiger partial charge in [0.05, 0.1) is 12.7 Å². The number of benzene rings is 1. The Kier molecular flexibility index (Phi) is 8.58. The number of esters is 1. The van der Waals surface area contributed by atoms with Crippen LogP contribution in [-0.4, -0.2) is 36.8 Å². The summed E-state index contributed by atoms with van der Waals surface area (Å²) < 4.78 is 16.5. The molecule has 1 amide bonds. The van der Waals surface area contributed by atoms with Crippen LogP contribution in [0.2, 0.25) is 0 Å². The van der Waals surface area contributed by atoms with Gasteiger partial charge in [-0.05, 0) is 58.7 Å². The van der Waals surface area contributed by atoms with Crippen molar-refractivity contribution in [2.75, 3.05) is 18.5 Å². The van der Waals surface area contributed by atoms with E-state index in [1.54, 1.807) is 32.0 Å². The first-order chi connectivity index (χ1) is 12.3. The highest BCUT2D eigenvalue weighted by atomic mass is 16.5. The van der Waals surface area contributed by atoms with Crippen molar-refractivity contribution < 1.29 is 23.8 Å². The lowest BCUT2D eigenvalue weighted by molar-refractivity contribution is -0.139. The van der Waals surface area contributed by atoms with E-state index in [-0.39, 0.29) is 18.6 Å². The second-order valence-corrected chi connectivity index (χ2v) is 6.24. The van der Waals surface area contributed by atoms with E-state index < -0.39 is 11.6 Å². The van der Waals surface area contributed by atoms with Crippen molar-refractivity contribution in [2.24, 2.45) is 0 Å². The number of amides is 1. The molecule has 146 valence electrons. The van der Waals surface area contributed by atoms with E-state index in [0.29, 0.717) is 30.0 Å². The first kappa shape index (κ1) is 22.0. The summed E-state index contributed by atoms with van der Waals surface area (Å²) in [5, 5.41) is 2.82. The van der Waals surface area contributed by atoms with Gasteiger partial charge in [0.1, 0.15) is 16.9 Å². The number of hydrogen-bond acceptors (Lipinski definition) is 5. The molecule has 1 N–H and O–H groups in total. The fraction of sp³-hybridized carbons (Fsp3) is 0.600. The highest BCUT2D eigenvalue weighted by Gasteiger charge is 2.32. The van der Waals surface area contributed by atoms with Crippen molar-refractivity contribution in [3.8, 4) is 5.75 Å². The Morgan fingerprint density at radius 2 is 1.85 bits per heavy atom. The van der Waals surface area contributed by atoms with Crippen LogP contribution in [0.15, 0.2) is 18.2 Å². The maximum absolute atomic E-state index is 12.6. The smallest absolute Gasteiger partial charge is 0.341 e. The third kappa shape index (κ3) is 5.73. The Labute approximate surface area is 156 Å². The molecule has 2 atom stereocenters. The summed E-state index contributed by atoms with van der Waals surface area (Å²) in [5.74, 6) is -0.295. The Balaban J connectivity index is 3.12. The molecule has 0 saturated carbocycles. The molecule has 0 unspecified atom stereocenters. The van der Waals surface area contributed by atoms with Gasteiger partial charge in [0.25, 0.3) is 5.91 Å². The van der Waals surface area contributed by atoms with Gasteiger partial charge in [-0.15, -0.1) is 0 Å². The number of ether oxygens (including phenoxy) is 3. The monoisotopic (exact) mass is 365 g/mol. The van der Waals surface area contributed by atoms with E-state index in [9.17, 15) is 9.59 Å². The normalized spacial score (nSPS) is 14.2. The van der Waals surface area contributed by atoms with Crippen LogP contribution in [0.4, 0.5) is 5.69 Å². The molecule has 6 nitrogen and oxygen atoms in total. The molecule has 0 saturated heterocycles. The predicted molar refractivity (Wildman–Crippen MR) is 102 cm³/mol. The molecular formula is C20H31NO5. The minimum Gasteiger partial charge on any atom is -0.490 e. The second-order valence-electron chi connectivity index (χ2n) is 6.24. The maximum atomic E-state index is 12.6. The van der Waals surface area contributed by atoms with Gasteiger partial charge in [0.15, 0.2) is 0 Å². The Morgan fingerprint density at radius 3 is 2.38 bits per heavy atom. The topological polar surface area (TPSA) is 73.9 Å². The lowest BCUT2D eigenvalue weighted by Crippen LogP contribution is -2.42. The van der Waals surface area contributed by atoms with Gasteiger partial charge in [-0.3, -0.25) is 4.79 Å². The van der Waals surface area contributed by atoms with Crippen LogP contribution in [0.3, 0.4) is 0 Å². The van der Waals surface area contributed by atoms with E-state index in [1.807, 2.05) is 27.7 Å². The zero-order valence-electron chi connectivity index (χ0n) is 16.7. The van der Waals surface area contributed by atoms with E-state index in [2.05, 4.69) is 5.32 Å². The molecule has 0 heterocycles. The number of rotatable bonds is 10. The van der Waals surface area contributed by atoms with E-state index in [0.717, 1.165) is 6.42 Å². The van der Waals surface area contributed by atoms with Crippen molar-refractivity contribution in [3.05, 3.63) is 23.8 Å². The molecular weight excluding hydrogens is 334 g/mol. The fourth-order valence-electron chi connectivity index (χ4n) is 2.29. The van der Waals surface area contributed by atoms with Crippen LogP contribution < -0.4 is 10.1 Å². The average molecular weight is 365 g/mol. The lowest BCUT2D eigenvalue weighted by atomic mass is 10.0. The third-order valence-corrected chi connectivity index (χ3v) is 4.25. The van der Waals surface area contributed by atoms with E-state index in [4.69, 9.17) is 14.2 Å². The van der Waals surface area contributed by atoms with Gasteiger partial charge in [-0.1, -0.05) is 13.8 Å². The van der Waals surface area contributed by atoms with Crippen LogP contribution in [0, 0.1) is 0 Å². The van der Waals surface area contributed by atoms with Crippen molar-refractivity contribution in [1.82, 2.24) is 0 Å². The van der Waals surface area contributed by atoms with Crippen LogP contribution in [0.1, 0.15) is 64.7 Å². The van der Waals surface area contributed by atoms with Gasteiger partial charge in [-0.2, -0.15) is 0 Å². The van der Waals surface area contributed by atoms with Crippen LogP contribution >= 0.6 is 0 Å². The molecule has 0 aliphatic carbocycles. The Morgan fingerprint density at radius 1 is 1.15 bits per heavy atom. The molecule has 0 spiro atoms. The zero-order chi connectivity index (χ0) is 19.7. The molecule has 0 aliphatic rings. The van der Waals surface area contributed by atoms with Crippen LogP contribution in [0.5, 0.6) is 5.75 Å². The van der Waals surface area contributed by atoms with Gasteiger partial charge in [0.2, 0.25) is 0 Å². The third-order valence-electron chi connectivity index (χ3n) is 4.25. The fourth-order valence-corrected chi connectivity index (χ4v) is 2.29. The van der Waals surface area contributed by atoms with E-state index in [1.165, 1.54) is 0 Å². The highest BCUT2D eigenvalue weighted by molar-refractivity contribution is 5.99. The molecule has 0 aliphatic heterocycles. The summed E-state index contributed by atoms with van der Waals surface area (Å²) >= 11 is 0. The summed E-state index contributed by atoms with van der Waals surface area (Å²) in [7, 11) is 0. The summed E-state index contributed by atoms with van der Waals surface area (Å²) in [6.07, 6.45) is 1.31. The number of carbonyl (C=O) groups is 2. The zero-order valence-corrected chi connectivity index (χ0v) is 16.7. The van der Waals surface area contributed by atoms with Crippen molar-refractivity contribution >= 4 is 17.6 Å². The molecule has 0 aromatic heterocycles. The van der Waals surface area contributed by atoms with Crippen molar-refractivity contribution in [3.63, 3.8) is 0 Å². The van der Waals surface area contributed by atoms with E-state index >= 15 is 0 Å². The largest absolute Gasteiger partial charge is 0.490 e. The Hall–Kier alpha value is -2.08. The minimum absolute atomic E-state index is 0.0371. The highest BCUT2D eigenvalue weighted by Crippen LogP contribution is 2.27. The quantitative estimate of drug-likeness (QED) is 0.630. The molecule has 0 radical (unpaired) electrons. The first-order valence-corrected chi connectivity index (χ1v) is 9.24. The Bertz CT molecular complexity index is 616. The van der Waals surface area contributed by atoms with Crippen molar-refractivity contribution in [2.45, 2.75) is 66.1 Å². The molecule has 0 bridgehead atoms. The SMILES string of the molecule is CCOC(=O)c1cc(NC(=O)[C@@](C)(CC)OCC)ccc1O[C@@H](C)CC. The lowest BCUT2D eigenvalue weighted by Gasteiger charge is -2.27. The van der Waals surface area contributed by atoms with Crippen molar-refractivity contribution in [1.29, 1.82) is 0 Å². The van der Waals surface area contributed by atoms with Crippen LogP contribution in [-0.2, 0) is 14.3 Å². The van der Waals surface area contributed by atoms with Gasteiger partial charge < -0.3 is 19.5 Å². The minimum atomic E-state index is -0.926. The summed E-state index contributed by atoms with van der Waals surface area (Å²) in [6.45, 7) is 11.9. The number of hydrogen-bond donors (Lipinski definition) is 1. The maximum Gasteiger partial charge on any atom is 0.341 e. The number of anilines is 1.